The Labute approximate surface area is 61.4 Å². The van der Waals surface area contributed by atoms with Crippen LogP contribution in [0.25, 0.3) is 0 Å². The molecule has 1 saturated carbocycles. The van der Waals surface area contributed by atoms with E-state index < -0.39 is 0 Å². The molecule has 3 fully saturated rings. The van der Waals surface area contributed by atoms with Crippen molar-refractivity contribution < 1.29 is 0 Å². The van der Waals surface area contributed by atoms with Gasteiger partial charge in [0.1, 0.15) is 0 Å². The van der Waals surface area contributed by atoms with Crippen LogP contribution in [0.1, 0.15) is 12.8 Å². The predicted molar refractivity (Wildman–Crippen MR) is 39.8 cm³/mol. The number of piperidine rings is 1. The van der Waals surface area contributed by atoms with Crippen LogP contribution in [-0.2, 0) is 0 Å². The topological polar surface area (TPSA) is 24.1 Å². The van der Waals surface area contributed by atoms with Crippen LogP contribution in [0.3, 0.4) is 0 Å². The number of nitrogens with one attached hydrogen (secondary N) is 2. The first kappa shape index (κ1) is 5.56. The lowest BCUT2D eigenvalue weighted by atomic mass is 9.81. The normalized spacial score (nSPS) is 57.6. The van der Waals surface area contributed by atoms with Gasteiger partial charge in [-0.1, -0.05) is 0 Å². The van der Waals surface area contributed by atoms with Crippen LogP contribution < -0.4 is 10.6 Å². The Bertz CT molecular complexity index is 165. The summed E-state index contributed by atoms with van der Waals surface area (Å²) >= 11 is 0. The lowest BCUT2D eigenvalue weighted by Crippen LogP contribution is -2.36. The number of rotatable bonds is 0. The van der Waals surface area contributed by atoms with Gasteiger partial charge in [-0.3, -0.25) is 0 Å². The van der Waals surface area contributed by atoms with E-state index in [1.807, 2.05) is 0 Å². The van der Waals surface area contributed by atoms with Crippen molar-refractivity contribution in [2.75, 3.05) is 19.6 Å². The van der Waals surface area contributed by atoms with Gasteiger partial charge in [-0.25, -0.2) is 0 Å². The fourth-order valence-electron chi connectivity index (χ4n) is 3.13. The van der Waals surface area contributed by atoms with Crippen molar-refractivity contribution in [3.05, 3.63) is 0 Å². The summed E-state index contributed by atoms with van der Waals surface area (Å²) in [4.78, 5) is 0. The smallest absolute Gasteiger partial charge is 0.00769 e. The van der Waals surface area contributed by atoms with Crippen molar-refractivity contribution in [1.82, 2.24) is 10.6 Å². The van der Waals surface area contributed by atoms with E-state index in [2.05, 4.69) is 10.6 Å². The SMILES string of the molecule is C1NCC23CNC(CC12)C3. The molecule has 2 aliphatic heterocycles. The first-order chi connectivity index (χ1) is 4.89. The molecule has 2 N–H and O–H groups in total. The Morgan fingerprint density at radius 1 is 1.30 bits per heavy atom. The maximum Gasteiger partial charge on any atom is 0.00769 e. The summed E-state index contributed by atoms with van der Waals surface area (Å²) in [6.45, 7) is 3.86. The van der Waals surface area contributed by atoms with Crippen molar-refractivity contribution in [3.8, 4) is 0 Å². The molecule has 2 bridgehead atoms. The van der Waals surface area contributed by atoms with Crippen LogP contribution in [0.4, 0.5) is 0 Å². The average Bonchev–Trinajstić information content (AvgIpc) is 2.48. The van der Waals surface area contributed by atoms with E-state index in [0.717, 1.165) is 12.0 Å². The molecule has 3 aliphatic rings. The van der Waals surface area contributed by atoms with Crippen molar-refractivity contribution >= 4 is 0 Å². The first-order valence-corrected chi connectivity index (χ1v) is 4.33. The zero-order valence-corrected chi connectivity index (χ0v) is 6.19. The van der Waals surface area contributed by atoms with E-state index in [9.17, 15) is 0 Å². The van der Waals surface area contributed by atoms with E-state index in [4.69, 9.17) is 0 Å². The lowest BCUT2D eigenvalue weighted by Gasteiger charge is -2.26. The Kier molecular flexibility index (Phi) is 0.868. The maximum atomic E-state index is 3.58. The summed E-state index contributed by atoms with van der Waals surface area (Å²) in [6, 6.07) is 0.882. The summed E-state index contributed by atoms with van der Waals surface area (Å²) in [5.74, 6) is 1.01. The van der Waals surface area contributed by atoms with Crippen molar-refractivity contribution in [2.45, 2.75) is 18.9 Å². The summed E-state index contributed by atoms with van der Waals surface area (Å²) in [7, 11) is 0. The molecule has 1 aliphatic carbocycles. The van der Waals surface area contributed by atoms with Crippen molar-refractivity contribution in [3.63, 3.8) is 0 Å². The zero-order valence-electron chi connectivity index (χ0n) is 6.19. The van der Waals surface area contributed by atoms with Crippen molar-refractivity contribution in [1.29, 1.82) is 0 Å². The van der Waals surface area contributed by atoms with Gasteiger partial charge in [-0.15, -0.1) is 0 Å². The van der Waals surface area contributed by atoms with Crippen LogP contribution in [0.15, 0.2) is 0 Å². The second kappa shape index (κ2) is 1.56. The first-order valence-electron chi connectivity index (χ1n) is 4.33. The molecule has 2 nitrogen and oxygen atoms in total. The van der Waals surface area contributed by atoms with Gasteiger partial charge in [0.25, 0.3) is 0 Å². The Balaban J connectivity index is 1.99. The number of fused-ring (bicyclic) bond motifs is 1. The quantitative estimate of drug-likeness (QED) is 0.491. The zero-order chi connectivity index (χ0) is 6.60. The fourth-order valence-corrected chi connectivity index (χ4v) is 3.13. The van der Waals surface area contributed by atoms with Gasteiger partial charge in [-0.05, 0) is 25.3 Å². The second-order valence-corrected chi connectivity index (χ2v) is 4.21. The molecule has 2 heterocycles. The molecular formula is C8H14N2. The molecular weight excluding hydrogens is 124 g/mol. The van der Waals surface area contributed by atoms with Crippen LogP contribution in [-0.4, -0.2) is 25.7 Å². The van der Waals surface area contributed by atoms with Gasteiger partial charge in [0.05, 0.1) is 0 Å². The molecule has 56 valence electrons. The van der Waals surface area contributed by atoms with Crippen LogP contribution in [0.2, 0.25) is 0 Å². The predicted octanol–water partition coefficient (Wildman–Crippen LogP) is -0.0422. The Morgan fingerprint density at radius 3 is 3.10 bits per heavy atom. The second-order valence-electron chi connectivity index (χ2n) is 4.21. The summed E-state index contributed by atoms with van der Waals surface area (Å²) in [5.41, 5.74) is 0.699. The van der Waals surface area contributed by atoms with Crippen molar-refractivity contribution in [2.24, 2.45) is 11.3 Å². The molecule has 3 unspecified atom stereocenters. The molecule has 2 heteroatoms. The van der Waals surface area contributed by atoms with E-state index in [1.54, 1.807) is 0 Å². The number of hydrogen-bond acceptors (Lipinski definition) is 2. The van der Waals surface area contributed by atoms with E-state index in [-0.39, 0.29) is 0 Å². The Morgan fingerprint density at radius 2 is 2.30 bits per heavy atom. The molecule has 0 aromatic rings. The van der Waals surface area contributed by atoms with Gasteiger partial charge < -0.3 is 10.6 Å². The molecule has 1 spiro atoms. The summed E-state index contributed by atoms with van der Waals surface area (Å²) < 4.78 is 0. The summed E-state index contributed by atoms with van der Waals surface area (Å²) in [6.07, 6.45) is 2.89. The maximum absolute atomic E-state index is 3.58. The van der Waals surface area contributed by atoms with E-state index >= 15 is 0 Å². The van der Waals surface area contributed by atoms with Crippen LogP contribution in [0, 0.1) is 11.3 Å². The molecule has 0 radical (unpaired) electrons. The monoisotopic (exact) mass is 138 g/mol. The van der Waals surface area contributed by atoms with Crippen LogP contribution in [0.5, 0.6) is 0 Å². The molecule has 0 amide bonds. The molecule has 2 saturated heterocycles. The highest BCUT2D eigenvalue weighted by atomic mass is 15.1. The average molecular weight is 138 g/mol. The highest BCUT2D eigenvalue weighted by Gasteiger charge is 2.53. The highest BCUT2D eigenvalue weighted by Crippen LogP contribution is 2.49. The summed E-state index contributed by atoms with van der Waals surface area (Å²) in [5, 5.41) is 7.08. The standard InChI is InChI=1S/C8H14N2/c1-6-3-9-4-8(6)2-7(1)10-5-8/h6-7,9-10H,1-5H2. The molecule has 0 aromatic carbocycles. The van der Waals surface area contributed by atoms with Gasteiger partial charge in [-0.2, -0.15) is 0 Å². The van der Waals surface area contributed by atoms with E-state index in [0.29, 0.717) is 5.41 Å². The minimum Gasteiger partial charge on any atom is -0.316 e. The van der Waals surface area contributed by atoms with Crippen LogP contribution >= 0.6 is 0 Å². The Hall–Kier alpha value is -0.0800. The third-order valence-electron chi connectivity index (χ3n) is 3.70. The third kappa shape index (κ3) is 0.487. The molecule has 10 heavy (non-hydrogen) atoms. The lowest BCUT2D eigenvalue weighted by molar-refractivity contribution is 0.271. The van der Waals surface area contributed by atoms with Gasteiger partial charge >= 0.3 is 0 Å². The van der Waals surface area contributed by atoms with Gasteiger partial charge in [0.2, 0.25) is 0 Å². The molecule has 3 rings (SSSR count). The molecule has 3 atom stereocenters. The van der Waals surface area contributed by atoms with Gasteiger partial charge in [0.15, 0.2) is 0 Å². The highest BCUT2D eigenvalue weighted by molar-refractivity contribution is 5.10. The minimum absolute atomic E-state index is 0.699. The minimum atomic E-state index is 0.699. The fraction of sp³-hybridized carbons (Fsp3) is 1.00. The third-order valence-corrected chi connectivity index (χ3v) is 3.70. The van der Waals surface area contributed by atoms with Gasteiger partial charge in [0, 0.05) is 24.5 Å². The van der Waals surface area contributed by atoms with E-state index in [1.165, 1.54) is 32.5 Å². The number of hydrogen-bond donors (Lipinski definition) is 2. The largest absolute Gasteiger partial charge is 0.316 e. The molecule has 0 aromatic heterocycles.